The Bertz CT molecular complexity index is 1120. The summed E-state index contributed by atoms with van der Waals surface area (Å²) in [7, 11) is -3.27. The maximum Gasteiger partial charge on any atom is 0.322 e. The number of hydrogen-bond acceptors (Lipinski definition) is 8. The first-order valence-corrected chi connectivity index (χ1v) is 9.79. The largest absolute Gasteiger partial charge is 0.407 e. The van der Waals surface area contributed by atoms with E-state index in [0.29, 0.717) is 0 Å². The standard InChI is InChI=1S/C17H14N4O6S/c1-28(25,26)14-8-2-11(3-9-14)10-15-19-20-17(27-15)18-16(22)12-4-6-13(7-5-12)21(23)24/h2-9H,10H2,1H3,(H,18,20,22). The van der Waals surface area contributed by atoms with Crippen LogP contribution in [0.4, 0.5) is 11.7 Å². The summed E-state index contributed by atoms with van der Waals surface area (Å²) >= 11 is 0. The minimum Gasteiger partial charge on any atom is -0.407 e. The smallest absolute Gasteiger partial charge is 0.322 e. The van der Waals surface area contributed by atoms with Gasteiger partial charge in [-0.1, -0.05) is 17.2 Å². The summed E-state index contributed by atoms with van der Waals surface area (Å²) in [6.07, 6.45) is 1.38. The van der Waals surface area contributed by atoms with Gasteiger partial charge in [0.15, 0.2) is 9.84 Å². The maximum absolute atomic E-state index is 12.1. The molecule has 0 saturated carbocycles. The third-order valence-electron chi connectivity index (χ3n) is 3.73. The van der Waals surface area contributed by atoms with Crippen LogP contribution in [-0.2, 0) is 16.3 Å². The summed E-state index contributed by atoms with van der Waals surface area (Å²) in [4.78, 5) is 22.4. The summed E-state index contributed by atoms with van der Waals surface area (Å²) in [5, 5.41) is 20.6. The van der Waals surface area contributed by atoms with Gasteiger partial charge in [0, 0.05) is 24.0 Å². The number of benzene rings is 2. The van der Waals surface area contributed by atoms with Crippen LogP contribution in [0, 0.1) is 10.1 Å². The predicted molar refractivity (Wildman–Crippen MR) is 97.7 cm³/mol. The molecule has 3 rings (SSSR count). The molecule has 0 spiro atoms. The second-order valence-electron chi connectivity index (χ2n) is 5.85. The molecule has 1 N–H and O–H groups in total. The minimum atomic E-state index is -3.27. The summed E-state index contributed by atoms with van der Waals surface area (Å²) in [6, 6.07) is 11.2. The minimum absolute atomic E-state index is 0.119. The van der Waals surface area contributed by atoms with Crippen molar-refractivity contribution in [1.29, 1.82) is 0 Å². The summed E-state index contributed by atoms with van der Waals surface area (Å²) in [5.74, 6) is -0.325. The molecule has 0 atom stereocenters. The van der Waals surface area contributed by atoms with Crippen LogP contribution < -0.4 is 5.32 Å². The van der Waals surface area contributed by atoms with Gasteiger partial charge in [-0.15, -0.1) is 5.10 Å². The number of carbonyl (C=O) groups excluding carboxylic acids is 1. The van der Waals surface area contributed by atoms with Crippen molar-refractivity contribution < 1.29 is 22.6 Å². The second kappa shape index (κ2) is 7.56. The maximum atomic E-state index is 12.1. The van der Waals surface area contributed by atoms with Gasteiger partial charge in [-0.2, -0.15) is 0 Å². The fourth-order valence-corrected chi connectivity index (χ4v) is 2.94. The van der Waals surface area contributed by atoms with Gasteiger partial charge in [-0.25, -0.2) is 8.42 Å². The first-order chi connectivity index (χ1) is 13.2. The van der Waals surface area contributed by atoms with Crippen LogP contribution in [0.15, 0.2) is 57.8 Å². The molecule has 1 amide bonds. The van der Waals surface area contributed by atoms with Gasteiger partial charge < -0.3 is 4.42 Å². The number of amides is 1. The number of rotatable bonds is 6. The van der Waals surface area contributed by atoms with Crippen molar-refractivity contribution in [1.82, 2.24) is 10.2 Å². The van der Waals surface area contributed by atoms with Crippen molar-refractivity contribution in [2.45, 2.75) is 11.3 Å². The number of nitro groups is 1. The number of carbonyl (C=O) groups is 1. The highest BCUT2D eigenvalue weighted by Gasteiger charge is 2.14. The third-order valence-corrected chi connectivity index (χ3v) is 4.86. The van der Waals surface area contributed by atoms with Crippen molar-refractivity contribution in [3.05, 3.63) is 75.7 Å². The van der Waals surface area contributed by atoms with E-state index in [1.165, 1.54) is 36.4 Å². The molecule has 11 heteroatoms. The summed E-state index contributed by atoms with van der Waals surface area (Å²) in [6.45, 7) is 0. The highest BCUT2D eigenvalue weighted by molar-refractivity contribution is 7.90. The van der Waals surface area contributed by atoms with Gasteiger partial charge in [0.05, 0.1) is 16.2 Å². The Morgan fingerprint density at radius 2 is 1.75 bits per heavy atom. The quantitative estimate of drug-likeness (QED) is 0.488. The summed E-state index contributed by atoms with van der Waals surface area (Å²) < 4.78 is 28.3. The third kappa shape index (κ3) is 4.57. The zero-order chi connectivity index (χ0) is 20.3. The molecule has 0 aliphatic carbocycles. The molecule has 10 nitrogen and oxygen atoms in total. The van der Waals surface area contributed by atoms with E-state index >= 15 is 0 Å². The Kier molecular flexibility index (Phi) is 5.18. The van der Waals surface area contributed by atoms with Crippen molar-refractivity contribution in [3.63, 3.8) is 0 Å². The van der Waals surface area contributed by atoms with E-state index in [4.69, 9.17) is 4.42 Å². The topological polar surface area (TPSA) is 145 Å². The fraction of sp³-hybridized carbons (Fsp3) is 0.118. The SMILES string of the molecule is CS(=O)(=O)c1ccc(Cc2nnc(NC(=O)c3ccc([N+](=O)[O-])cc3)o2)cc1. The zero-order valence-electron chi connectivity index (χ0n) is 14.5. The van der Waals surface area contributed by atoms with Gasteiger partial charge in [-0.05, 0) is 29.8 Å². The fourth-order valence-electron chi connectivity index (χ4n) is 2.31. The van der Waals surface area contributed by atoms with E-state index in [1.807, 2.05) is 0 Å². The molecule has 0 bridgehead atoms. The number of anilines is 1. The normalized spacial score (nSPS) is 11.2. The predicted octanol–water partition coefficient (Wildman–Crippen LogP) is 2.22. The van der Waals surface area contributed by atoms with Crippen LogP contribution in [0.25, 0.3) is 0 Å². The number of nitrogens with zero attached hydrogens (tertiary/aromatic N) is 3. The molecule has 3 aromatic rings. The van der Waals surface area contributed by atoms with Crippen molar-refractivity contribution in [2.75, 3.05) is 11.6 Å². The van der Waals surface area contributed by atoms with Gasteiger partial charge in [0.1, 0.15) is 0 Å². The molecule has 0 saturated heterocycles. The first kappa shape index (κ1) is 19.2. The lowest BCUT2D eigenvalue weighted by Gasteiger charge is -2.01. The number of aromatic nitrogens is 2. The number of nitro benzene ring substituents is 1. The molecule has 144 valence electrons. The molecular formula is C17H14N4O6S. The Morgan fingerprint density at radius 1 is 1.11 bits per heavy atom. The van der Waals surface area contributed by atoms with Crippen molar-refractivity contribution in [2.24, 2.45) is 0 Å². The van der Waals surface area contributed by atoms with Crippen LogP contribution >= 0.6 is 0 Å². The average molecular weight is 402 g/mol. The van der Waals surface area contributed by atoms with Crippen LogP contribution in [-0.4, -0.2) is 35.7 Å². The molecular weight excluding hydrogens is 388 g/mol. The molecule has 0 radical (unpaired) electrons. The Labute approximate surface area is 159 Å². The number of sulfone groups is 1. The van der Waals surface area contributed by atoms with Crippen LogP contribution in [0.5, 0.6) is 0 Å². The van der Waals surface area contributed by atoms with E-state index in [0.717, 1.165) is 11.8 Å². The highest BCUT2D eigenvalue weighted by atomic mass is 32.2. The van der Waals surface area contributed by atoms with Gasteiger partial charge >= 0.3 is 6.01 Å². The van der Waals surface area contributed by atoms with E-state index in [1.54, 1.807) is 12.1 Å². The molecule has 0 unspecified atom stereocenters. The van der Waals surface area contributed by atoms with E-state index in [-0.39, 0.29) is 34.5 Å². The van der Waals surface area contributed by atoms with Crippen LogP contribution in [0.3, 0.4) is 0 Å². The monoisotopic (exact) mass is 402 g/mol. The Balaban J connectivity index is 1.65. The number of hydrogen-bond donors (Lipinski definition) is 1. The van der Waals surface area contributed by atoms with Crippen molar-refractivity contribution in [3.8, 4) is 0 Å². The highest BCUT2D eigenvalue weighted by Crippen LogP contribution is 2.16. The Morgan fingerprint density at radius 3 is 2.32 bits per heavy atom. The molecule has 2 aromatic carbocycles. The molecule has 0 aliphatic heterocycles. The molecule has 1 heterocycles. The zero-order valence-corrected chi connectivity index (χ0v) is 15.3. The van der Waals surface area contributed by atoms with Gasteiger partial charge in [0.2, 0.25) is 5.89 Å². The van der Waals surface area contributed by atoms with Gasteiger partial charge in [0.25, 0.3) is 11.6 Å². The lowest BCUT2D eigenvalue weighted by molar-refractivity contribution is -0.384. The lowest BCUT2D eigenvalue weighted by atomic mass is 10.1. The lowest BCUT2D eigenvalue weighted by Crippen LogP contribution is -2.12. The second-order valence-corrected chi connectivity index (χ2v) is 7.87. The number of non-ortho nitro benzene ring substituents is 1. The van der Waals surface area contributed by atoms with Gasteiger partial charge in [-0.3, -0.25) is 20.2 Å². The molecule has 1 aromatic heterocycles. The Hall–Kier alpha value is -3.60. The molecule has 28 heavy (non-hydrogen) atoms. The number of nitrogens with one attached hydrogen (secondary N) is 1. The molecule has 0 aliphatic rings. The van der Waals surface area contributed by atoms with Crippen molar-refractivity contribution >= 4 is 27.4 Å². The van der Waals surface area contributed by atoms with E-state index in [9.17, 15) is 23.3 Å². The van der Waals surface area contributed by atoms with E-state index in [2.05, 4.69) is 15.5 Å². The average Bonchev–Trinajstić information content (AvgIpc) is 3.08. The van der Waals surface area contributed by atoms with Crippen LogP contribution in [0.2, 0.25) is 0 Å². The summed E-state index contributed by atoms with van der Waals surface area (Å²) in [5.41, 5.74) is 0.824. The van der Waals surface area contributed by atoms with Crippen LogP contribution in [0.1, 0.15) is 21.8 Å². The van der Waals surface area contributed by atoms with E-state index < -0.39 is 20.7 Å². The first-order valence-electron chi connectivity index (χ1n) is 7.89. The molecule has 0 fully saturated rings.